The molecule has 5 nitrogen and oxygen atoms in total. The summed E-state index contributed by atoms with van der Waals surface area (Å²) in [4.78, 5) is 14.6. The molecule has 5 heteroatoms. The summed E-state index contributed by atoms with van der Waals surface area (Å²) in [5, 5.41) is 3.39. The maximum absolute atomic E-state index is 12.6. The number of hydrogen-bond donors (Lipinski definition) is 1. The molecule has 0 saturated carbocycles. The first-order chi connectivity index (χ1) is 10.2. The van der Waals surface area contributed by atoms with Gasteiger partial charge in [-0.25, -0.2) is 0 Å². The van der Waals surface area contributed by atoms with Crippen LogP contribution < -0.4 is 14.8 Å². The molecule has 0 spiro atoms. The zero-order valence-corrected chi connectivity index (χ0v) is 12.6. The van der Waals surface area contributed by atoms with E-state index in [9.17, 15) is 4.79 Å². The summed E-state index contributed by atoms with van der Waals surface area (Å²) in [5.74, 6) is 2.82. The van der Waals surface area contributed by atoms with Gasteiger partial charge in [0.1, 0.15) is 11.5 Å². The Balaban J connectivity index is 1.73. The first kappa shape index (κ1) is 14.2. The molecule has 1 amide bonds. The molecule has 1 aromatic carbocycles. The number of hydrogen-bond acceptors (Lipinski definition) is 4. The molecule has 3 rings (SSSR count). The highest BCUT2D eigenvalue weighted by atomic mass is 16.5. The molecular formula is C16H22N2O3. The largest absolute Gasteiger partial charge is 0.496 e. The van der Waals surface area contributed by atoms with E-state index in [1.807, 2.05) is 23.1 Å². The van der Waals surface area contributed by atoms with Crippen molar-refractivity contribution in [2.24, 2.45) is 11.8 Å². The summed E-state index contributed by atoms with van der Waals surface area (Å²) in [5.41, 5.74) is 0.836. The van der Waals surface area contributed by atoms with Gasteiger partial charge in [-0.15, -0.1) is 0 Å². The van der Waals surface area contributed by atoms with Gasteiger partial charge in [0.2, 0.25) is 5.91 Å². The van der Waals surface area contributed by atoms with E-state index in [-0.39, 0.29) is 5.91 Å². The van der Waals surface area contributed by atoms with E-state index >= 15 is 0 Å². The van der Waals surface area contributed by atoms with Gasteiger partial charge in [0.25, 0.3) is 0 Å². The second-order valence-electron chi connectivity index (χ2n) is 5.79. The lowest BCUT2D eigenvalue weighted by atomic mass is 10.0. The van der Waals surface area contributed by atoms with Crippen LogP contribution >= 0.6 is 0 Å². The third-order valence-corrected chi connectivity index (χ3v) is 4.60. The molecule has 0 unspecified atom stereocenters. The molecule has 2 saturated heterocycles. The average molecular weight is 290 g/mol. The minimum Gasteiger partial charge on any atom is -0.496 e. The van der Waals surface area contributed by atoms with Crippen molar-refractivity contribution in [1.82, 2.24) is 10.2 Å². The van der Waals surface area contributed by atoms with Gasteiger partial charge in [-0.1, -0.05) is 6.07 Å². The average Bonchev–Trinajstić information content (AvgIpc) is 3.08. The van der Waals surface area contributed by atoms with Crippen LogP contribution in [-0.2, 0) is 11.2 Å². The Morgan fingerprint density at radius 1 is 1.19 bits per heavy atom. The van der Waals surface area contributed by atoms with Crippen molar-refractivity contribution in [2.45, 2.75) is 6.42 Å². The van der Waals surface area contributed by atoms with Gasteiger partial charge in [0.15, 0.2) is 0 Å². The number of ether oxygens (including phenoxy) is 2. The van der Waals surface area contributed by atoms with Crippen LogP contribution in [0, 0.1) is 11.8 Å². The van der Waals surface area contributed by atoms with Crippen LogP contribution in [0.3, 0.4) is 0 Å². The number of likely N-dealkylation sites (tertiary alicyclic amines) is 1. The lowest BCUT2D eigenvalue weighted by molar-refractivity contribution is -0.129. The summed E-state index contributed by atoms with van der Waals surface area (Å²) in [6.45, 7) is 3.81. The molecule has 21 heavy (non-hydrogen) atoms. The van der Waals surface area contributed by atoms with Crippen molar-refractivity contribution in [1.29, 1.82) is 0 Å². The van der Waals surface area contributed by atoms with E-state index in [2.05, 4.69) is 5.32 Å². The summed E-state index contributed by atoms with van der Waals surface area (Å²) in [6, 6.07) is 5.61. The minimum absolute atomic E-state index is 0.159. The van der Waals surface area contributed by atoms with Crippen molar-refractivity contribution in [2.75, 3.05) is 40.4 Å². The third-order valence-electron chi connectivity index (χ3n) is 4.60. The lowest BCUT2D eigenvalue weighted by Gasteiger charge is -2.19. The Morgan fingerprint density at radius 3 is 2.29 bits per heavy atom. The predicted octanol–water partition coefficient (Wildman–Crippen LogP) is 0.924. The summed E-state index contributed by atoms with van der Waals surface area (Å²) in [7, 11) is 3.24. The second kappa shape index (κ2) is 5.93. The van der Waals surface area contributed by atoms with Crippen LogP contribution in [0.2, 0.25) is 0 Å². The summed E-state index contributed by atoms with van der Waals surface area (Å²) in [6.07, 6.45) is 0.333. The number of amides is 1. The first-order valence-electron chi connectivity index (χ1n) is 7.41. The molecular weight excluding hydrogens is 268 g/mol. The summed E-state index contributed by atoms with van der Waals surface area (Å²) >= 11 is 0. The molecule has 2 atom stereocenters. The molecule has 0 aliphatic carbocycles. The molecule has 0 bridgehead atoms. The molecule has 2 heterocycles. The molecule has 1 N–H and O–H groups in total. The van der Waals surface area contributed by atoms with Crippen LogP contribution in [-0.4, -0.2) is 51.2 Å². The minimum atomic E-state index is 0.159. The van der Waals surface area contributed by atoms with Crippen molar-refractivity contribution >= 4 is 5.91 Å². The highest BCUT2D eigenvalue weighted by Crippen LogP contribution is 2.31. The van der Waals surface area contributed by atoms with Gasteiger partial charge in [-0.2, -0.15) is 0 Å². The Bertz CT molecular complexity index is 498. The fourth-order valence-electron chi connectivity index (χ4n) is 3.42. The first-order valence-corrected chi connectivity index (χ1v) is 7.41. The number of methoxy groups -OCH3 is 2. The van der Waals surface area contributed by atoms with Gasteiger partial charge in [-0.3, -0.25) is 4.79 Å². The van der Waals surface area contributed by atoms with Crippen molar-refractivity contribution in [3.63, 3.8) is 0 Å². The zero-order chi connectivity index (χ0) is 14.8. The summed E-state index contributed by atoms with van der Waals surface area (Å²) < 4.78 is 10.7. The number of nitrogens with zero attached hydrogens (tertiary/aromatic N) is 1. The van der Waals surface area contributed by atoms with E-state index in [0.29, 0.717) is 29.8 Å². The van der Waals surface area contributed by atoms with E-state index in [1.54, 1.807) is 14.2 Å². The van der Waals surface area contributed by atoms with Crippen LogP contribution in [0.1, 0.15) is 5.56 Å². The molecule has 114 valence electrons. The quantitative estimate of drug-likeness (QED) is 0.896. The monoisotopic (exact) mass is 290 g/mol. The normalized spacial score (nSPS) is 24.0. The van der Waals surface area contributed by atoms with Gasteiger partial charge >= 0.3 is 0 Å². The van der Waals surface area contributed by atoms with Crippen LogP contribution in [0.4, 0.5) is 0 Å². The molecule has 2 fully saturated rings. The van der Waals surface area contributed by atoms with Crippen LogP contribution in [0.25, 0.3) is 0 Å². The number of carbonyl (C=O) groups is 1. The number of rotatable bonds is 4. The standard InChI is InChI=1S/C16H22N2O3/c1-20-14-4-3-5-15(21-2)13(14)6-16(19)18-9-11-7-17-8-12(11)10-18/h3-5,11-12,17H,6-10H2,1-2H3/t11-,12+. The Hall–Kier alpha value is -1.75. The van der Waals surface area contributed by atoms with Crippen LogP contribution in [0.5, 0.6) is 11.5 Å². The fraction of sp³-hybridized carbons (Fsp3) is 0.562. The van der Waals surface area contributed by atoms with Gasteiger partial charge in [0.05, 0.1) is 20.6 Å². The highest BCUT2D eigenvalue weighted by Gasteiger charge is 2.38. The molecule has 2 aliphatic heterocycles. The molecule has 1 aromatic rings. The third kappa shape index (κ3) is 2.70. The van der Waals surface area contributed by atoms with Gasteiger partial charge in [0, 0.05) is 31.7 Å². The highest BCUT2D eigenvalue weighted by molar-refractivity contribution is 5.80. The van der Waals surface area contributed by atoms with Crippen molar-refractivity contribution in [3.8, 4) is 11.5 Å². The number of nitrogens with one attached hydrogen (secondary N) is 1. The molecule has 2 aliphatic rings. The maximum atomic E-state index is 12.6. The Kier molecular flexibility index (Phi) is 4.01. The molecule has 0 radical (unpaired) electrons. The fourth-order valence-corrected chi connectivity index (χ4v) is 3.42. The van der Waals surface area contributed by atoms with Crippen LogP contribution in [0.15, 0.2) is 18.2 Å². The Labute approximate surface area is 125 Å². The van der Waals surface area contributed by atoms with Gasteiger partial charge < -0.3 is 19.7 Å². The maximum Gasteiger partial charge on any atom is 0.227 e. The van der Waals surface area contributed by atoms with E-state index in [1.165, 1.54) is 0 Å². The lowest BCUT2D eigenvalue weighted by Crippen LogP contribution is -2.33. The number of benzene rings is 1. The van der Waals surface area contributed by atoms with E-state index in [4.69, 9.17) is 9.47 Å². The van der Waals surface area contributed by atoms with Gasteiger partial charge in [-0.05, 0) is 24.0 Å². The Morgan fingerprint density at radius 2 is 1.76 bits per heavy atom. The SMILES string of the molecule is COc1cccc(OC)c1CC(=O)N1C[C@H]2CNC[C@H]2C1. The number of fused-ring (bicyclic) bond motifs is 1. The zero-order valence-electron chi connectivity index (χ0n) is 12.6. The van der Waals surface area contributed by atoms with Crippen molar-refractivity contribution < 1.29 is 14.3 Å². The number of carbonyl (C=O) groups excluding carboxylic acids is 1. The van der Waals surface area contributed by atoms with E-state index in [0.717, 1.165) is 31.7 Å². The topological polar surface area (TPSA) is 50.8 Å². The molecule has 0 aromatic heterocycles. The van der Waals surface area contributed by atoms with Crippen molar-refractivity contribution in [3.05, 3.63) is 23.8 Å². The van der Waals surface area contributed by atoms with E-state index < -0.39 is 0 Å². The smallest absolute Gasteiger partial charge is 0.227 e. The predicted molar refractivity (Wildman–Crippen MR) is 79.7 cm³/mol. The second-order valence-corrected chi connectivity index (χ2v) is 5.79.